The summed E-state index contributed by atoms with van der Waals surface area (Å²) in [4.78, 5) is 29.1. The molecule has 0 atom stereocenters. The maximum Gasteiger partial charge on any atom is 0.354 e. The molecule has 0 amide bonds. The van der Waals surface area contributed by atoms with Crippen LogP contribution in [0.3, 0.4) is 0 Å². The van der Waals surface area contributed by atoms with Crippen LogP contribution < -0.4 is 4.74 Å². The second kappa shape index (κ2) is 6.93. The summed E-state index contributed by atoms with van der Waals surface area (Å²) in [5.41, 5.74) is 0.495. The van der Waals surface area contributed by atoms with Crippen molar-refractivity contribution in [3.05, 3.63) is 44.2 Å². The third-order valence-electron chi connectivity index (χ3n) is 2.77. The summed E-state index contributed by atoms with van der Waals surface area (Å²) in [5, 5.41) is 11.1. The van der Waals surface area contributed by atoms with Crippen LogP contribution in [-0.4, -0.2) is 33.5 Å². The molecule has 1 heterocycles. The van der Waals surface area contributed by atoms with Gasteiger partial charge in [0.05, 0.1) is 17.3 Å². The van der Waals surface area contributed by atoms with Crippen molar-refractivity contribution in [3.8, 4) is 5.75 Å². The average Bonchev–Trinajstić information content (AvgIpc) is 2.86. The number of aromatic nitrogens is 2. The van der Waals surface area contributed by atoms with Crippen LogP contribution in [0.15, 0.2) is 27.7 Å². The lowest BCUT2D eigenvalue weighted by molar-refractivity contribution is -0.392. The first-order valence-electron chi connectivity index (χ1n) is 6.13. The molecule has 0 aliphatic carbocycles. The largest absolute Gasteiger partial charge is 0.496 e. The number of rotatable bonds is 6. The summed E-state index contributed by atoms with van der Waals surface area (Å²) in [6.45, 7) is 1.62. The zero-order valence-corrected chi connectivity index (χ0v) is 14.2. The summed E-state index contributed by atoms with van der Waals surface area (Å²) in [7, 11) is 1.54. The first-order valence-corrected chi connectivity index (χ1v) is 7.90. The van der Waals surface area contributed by atoms with E-state index in [2.05, 4.69) is 25.9 Å². The molecule has 9 heteroatoms. The second-order valence-electron chi connectivity index (χ2n) is 4.29. The second-order valence-corrected chi connectivity index (χ2v) is 6.11. The molecule has 1 aromatic carbocycles. The van der Waals surface area contributed by atoms with E-state index in [1.54, 1.807) is 25.1 Å². The Kier molecular flexibility index (Phi) is 5.19. The topological polar surface area (TPSA) is 98.1 Å². The van der Waals surface area contributed by atoms with Gasteiger partial charge < -0.3 is 14.9 Å². The highest BCUT2D eigenvalue weighted by Crippen LogP contribution is 2.29. The molecule has 0 spiro atoms. The van der Waals surface area contributed by atoms with Crippen LogP contribution in [0.4, 0.5) is 5.82 Å². The number of nitro groups is 1. The number of methoxy groups -OCH3 is 1. The number of Topliss-reactive ketones (excluding diaryl/α,β-unsaturated/α-hetero) is 1. The number of nitrogens with one attached hydrogen (secondary N) is 1. The number of nitrogens with zero attached hydrogens (tertiary/aromatic N) is 2. The normalized spacial score (nSPS) is 10.5. The predicted octanol–water partition coefficient (Wildman–Crippen LogP) is 3.37. The Morgan fingerprint density at radius 1 is 1.55 bits per heavy atom. The summed E-state index contributed by atoms with van der Waals surface area (Å²) in [5.74, 6) is 0.787. The molecule has 0 saturated carbocycles. The molecule has 116 valence electrons. The zero-order chi connectivity index (χ0) is 16.3. The van der Waals surface area contributed by atoms with Gasteiger partial charge in [-0.1, -0.05) is 11.8 Å². The number of carbonyl (C=O) groups is 1. The van der Waals surface area contributed by atoms with Gasteiger partial charge in [-0.2, -0.15) is 4.98 Å². The third kappa shape index (κ3) is 3.66. The lowest BCUT2D eigenvalue weighted by Crippen LogP contribution is -2.03. The van der Waals surface area contributed by atoms with Crippen LogP contribution in [0.5, 0.6) is 5.75 Å². The molecule has 0 aliphatic rings. The molecule has 0 fully saturated rings. The minimum atomic E-state index is -0.545. The number of carbonyl (C=O) groups excluding carboxylic acids is 1. The Balaban J connectivity index is 2.10. The smallest absolute Gasteiger partial charge is 0.354 e. The van der Waals surface area contributed by atoms with Crippen LogP contribution in [0.25, 0.3) is 0 Å². The number of H-pyrrole nitrogens is 1. The van der Waals surface area contributed by atoms with E-state index < -0.39 is 4.92 Å². The monoisotopic (exact) mass is 385 g/mol. The molecule has 2 rings (SSSR count). The highest BCUT2D eigenvalue weighted by Gasteiger charge is 2.20. The fraction of sp³-hybridized carbons (Fsp3) is 0.231. The quantitative estimate of drug-likeness (QED) is 0.354. The predicted molar refractivity (Wildman–Crippen MR) is 85.7 cm³/mol. The molecule has 0 unspecified atom stereocenters. The molecule has 0 aliphatic heterocycles. The van der Waals surface area contributed by atoms with E-state index in [0.29, 0.717) is 21.6 Å². The van der Waals surface area contributed by atoms with E-state index in [-0.39, 0.29) is 22.4 Å². The number of ether oxygens (including phenoxy) is 1. The molecule has 2 aromatic rings. The van der Waals surface area contributed by atoms with Crippen LogP contribution in [0, 0.1) is 17.0 Å². The molecule has 7 nitrogen and oxygen atoms in total. The Hall–Kier alpha value is -1.87. The van der Waals surface area contributed by atoms with E-state index in [1.807, 2.05) is 0 Å². The molecule has 22 heavy (non-hydrogen) atoms. The van der Waals surface area contributed by atoms with Gasteiger partial charge in [-0.05, 0) is 39.1 Å². The van der Waals surface area contributed by atoms with Crippen molar-refractivity contribution < 1.29 is 14.5 Å². The SMILES string of the molecule is COc1ccc(C(=O)CSc2nc(C)[nH]c2[N+](=O)[O-])cc1Br. The Bertz CT molecular complexity index is 732. The molecule has 1 N–H and O–H groups in total. The van der Waals surface area contributed by atoms with E-state index in [1.165, 1.54) is 7.11 Å². The van der Waals surface area contributed by atoms with Gasteiger partial charge in [0.2, 0.25) is 0 Å². The van der Waals surface area contributed by atoms with E-state index >= 15 is 0 Å². The van der Waals surface area contributed by atoms with Gasteiger partial charge in [-0.25, -0.2) is 4.98 Å². The number of hydrogen-bond acceptors (Lipinski definition) is 6. The van der Waals surface area contributed by atoms with Crippen molar-refractivity contribution in [3.63, 3.8) is 0 Å². The lowest BCUT2D eigenvalue weighted by atomic mass is 10.1. The van der Waals surface area contributed by atoms with Crippen molar-refractivity contribution in [1.29, 1.82) is 0 Å². The number of ketones is 1. The highest BCUT2D eigenvalue weighted by atomic mass is 79.9. The van der Waals surface area contributed by atoms with E-state index in [4.69, 9.17) is 4.74 Å². The van der Waals surface area contributed by atoms with Crippen LogP contribution in [0.1, 0.15) is 16.2 Å². The zero-order valence-electron chi connectivity index (χ0n) is 11.8. The first kappa shape index (κ1) is 16.5. The maximum atomic E-state index is 12.2. The van der Waals surface area contributed by atoms with Crippen molar-refractivity contribution in [2.75, 3.05) is 12.9 Å². The van der Waals surface area contributed by atoms with Crippen molar-refractivity contribution in [1.82, 2.24) is 9.97 Å². The fourth-order valence-electron chi connectivity index (χ4n) is 1.74. The van der Waals surface area contributed by atoms with E-state index in [0.717, 1.165) is 11.8 Å². The Labute approximate surface area is 138 Å². The van der Waals surface area contributed by atoms with Crippen LogP contribution >= 0.6 is 27.7 Å². The molecular formula is C13H12BrN3O4S. The van der Waals surface area contributed by atoms with Gasteiger partial charge in [-0.3, -0.25) is 4.79 Å². The fourth-order valence-corrected chi connectivity index (χ4v) is 3.18. The average molecular weight is 386 g/mol. The van der Waals surface area contributed by atoms with Crippen LogP contribution in [0.2, 0.25) is 0 Å². The van der Waals surface area contributed by atoms with Gasteiger partial charge in [0, 0.05) is 12.5 Å². The minimum absolute atomic E-state index is 0.0594. The summed E-state index contributed by atoms with van der Waals surface area (Å²) in [6, 6.07) is 4.99. The first-order chi connectivity index (χ1) is 10.4. The summed E-state index contributed by atoms with van der Waals surface area (Å²) < 4.78 is 5.77. The van der Waals surface area contributed by atoms with Crippen molar-refractivity contribution >= 4 is 39.3 Å². The standard InChI is InChI=1S/C13H12BrN3O4S/c1-7-15-12(17(19)20)13(16-7)22-6-10(18)8-3-4-11(21-2)9(14)5-8/h3-5H,6H2,1-2H3,(H,15,16). The summed E-state index contributed by atoms with van der Waals surface area (Å²) >= 11 is 4.35. The molecule has 0 bridgehead atoms. The maximum absolute atomic E-state index is 12.2. The number of hydrogen-bond donors (Lipinski definition) is 1. The van der Waals surface area contributed by atoms with Gasteiger partial charge in [-0.15, -0.1) is 0 Å². The van der Waals surface area contributed by atoms with Gasteiger partial charge >= 0.3 is 5.82 Å². The summed E-state index contributed by atoms with van der Waals surface area (Å²) in [6.07, 6.45) is 0. The molecule has 1 aromatic heterocycles. The minimum Gasteiger partial charge on any atom is -0.496 e. The van der Waals surface area contributed by atoms with Crippen molar-refractivity contribution in [2.24, 2.45) is 0 Å². The third-order valence-corrected chi connectivity index (χ3v) is 4.35. The molecule has 0 radical (unpaired) electrons. The van der Waals surface area contributed by atoms with Gasteiger partial charge in [0.15, 0.2) is 16.6 Å². The van der Waals surface area contributed by atoms with Gasteiger partial charge in [0.25, 0.3) is 0 Å². The van der Waals surface area contributed by atoms with Gasteiger partial charge in [0.1, 0.15) is 5.75 Å². The number of halogens is 1. The molecular weight excluding hydrogens is 374 g/mol. The lowest BCUT2D eigenvalue weighted by Gasteiger charge is -2.05. The van der Waals surface area contributed by atoms with Crippen LogP contribution in [-0.2, 0) is 0 Å². The highest BCUT2D eigenvalue weighted by molar-refractivity contribution is 9.10. The molecule has 0 saturated heterocycles. The Morgan fingerprint density at radius 2 is 2.27 bits per heavy atom. The van der Waals surface area contributed by atoms with E-state index in [9.17, 15) is 14.9 Å². The number of benzene rings is 1. The number of thioether (sulfide) groups is 1. The van der Waals surface area contributed by atoms with Crippen molar-refractivity contribution in [2.45, 2.75) is 11.9 Å². The number of aryl methyl sites for hydroxylation is 1. The Morgan fingerprint density at radius 3 is 2.86 bits per heavy atom. The number of imidazole rings is 1. The number of aromatic amines is 1.